The van der Waals surface area contributed by atoms with E-state index in [1.807, 2.05) is 0 Å². The lowest BCUT2D eigenvalue weighted by Crippen LogP contribution is -2.43. The highest BCUT2D eigenvalue weighted by Gasteiger charge is 2.27. The summed E-state index contributed by atoms with van der Waals surface area (Å²) in [6.07, 6.45) is 5.29. The van der Waals surface area contributed by atoms with Gasteiger partial charge in [0.15, 0.2) is 0 Å². The molecule has 2 heteroatoms. The van der Waals surface area contributed by atoms with Crippen molar-refractivity contribution in [2.45, 2.75) is 46.5 Å². The maximum absolute atomic E-state index is 5.82. The Labute approximate surface area is 95.2 Å². The van der Waals surface area contributed by atoms with E-state index >= 15 is 0 Å². The number of hydrogen-bond acceptors (Lipinski definition) is 2. The molecule has 1 unspecified atom stereocenters. The smallest absolute Gasteiger partial charge is 0.00328 e. The Bertz CT molecular complexity index is 177. The zero-order valence-corrected chi connectivity index (χ0v) is 10.8. The van der Waals surface area contributed by atoms with Gasteiger partial charge in [-0.15, -0.1) is 0 Å². The van der Waals surface area contributed by atoms with E-state index in [0.717, 1.165) is 6.54 Å². The quantitative estimate of drug-likeness (QED) is 0.758. The van der Waals surface area contributed by atoms with Gasteiger partial charge in [0.05, 0.1) is 0 Å². The Balaban J connectivity index is 2.36. The molecule has 0 radical (unpaired) electrons. The normalized spacial score (nSPS) is 24.0. The molecule has 2 nitrogen and oxygen atoms in total. The average Bonchev–Trinajstić information content (AvgIpc) is 2.15. The van der Waals surface area contributed by atoms with E-state index in [1.54, 1.807) is 0 Å². The Morgan fingerprint density at radius 3 is 2.67 bits per heavy atom. The van der Waals surface area contributed by atoms with Gasteiger partial charge in [0.25, 0.3) is 0 Å². The molecular weight excluding hydrogens is 184 g/mol. The maximum Gasteiger partial charge on any atom is 0.00328 e. The van der Waals surface area contributed by atoms with Crippen LogP contribution in [0.25, 0.3) is 0 Å². The van der Waals surface area contributed by atoms with E-state index in [4.69, 9.17) is 5.73 Å². The van der Waals surface area contributed by atoms with Crippen molar-refractivity contribution in [3.8, 4) is 0 Å². The predicted molar refractivity (Wildman–Crippen MR) is 66.9 cm³/mol. The van der Waals surface area contributed by atoms with Gasteiger partial charge < -0.3 is 10.6 Å². The molecule has 15 heavy (non-hydrogen) atoms. The van der Waals surface area contributed by atoms with Gasteiger partial charge in [-0.2, -0.15) is 0 Å². The molecule has 1 aliphatic heterocycles. The van der Waals surface area contributed by atoms with Crippen LogP contribution in [0.2, 0.25) is 0 Å². The first-order valence-electron chi connectivity index (χ1n) is 6.50. The Hall–Kier alpha value is -0.0800. The fourth-order valence-electron chi connectivity index (χ4n) is 2.76. The van der Waals surface area contributed by atoms with Crippen LogP contribution in [0.15, 0.2) is 0 Å². The lowest BCUT2D eigenvalue weighted by atomic mass is 9.83. The van der Waals surface area contributed by atoms with E-state index in [-0.39, 0.29) is 0 Å². The topological polar surface area (TPSA) is 29.3 Å². The number of likely N-dealkylation sites (tertiary alicyclic amines) is 1. The predicted octanol–water partition coefficient (Wildman–Crippen LogP) is 2.48. The lowest BCUT2D eigenvalue weighted by molar-refractivity contribution is 0.101. The molecule has 0 spiro atoms. The van der Waals surface area contributed by atoms with Gasteiger partial charge in [-0.3, -0.25) is 0 Å². The summed E-state index contributed by atoms with van der Waals surface area (Å²) in [6, 6.07) is 0. The van der Waals surface area contributed by atoms with Crippen molar-refractivity contribution in [3.05, 3.63) is 0 Å². The summed E-state index contributed by atoms with van der Waals surface area (Å²) in [5.41, 5.74) is 6.33. The highest BCUT2D eigenvalue weighted by molar-refractivity contribution is 4.81. The molecule has 90 valence electrons. The molecule has 1 saturated heterocycles. The molecule has 1 atom stereocenters. The lowest BCUT2D eigenvalue weighted by Gasteiger charge is -2.39. The third-order valence-electron chi connectivity index (χ3n) is 3.53. The second-order valence-electron chi connectivity index (χ2n) is 5.89. The van der Waals surface area contributed by atoms with Gasteiger partial charge in [0.2, 0.25) is 0 Å². The molecule has 0 amide bonds. The fraction of sp³-hybridized carbons (Fsp3) is 1.00. The second kappa shape index (κ2) is 5.86. The van der Waals surface area contributed by atoms with Crippen LogP contribution in [0.5, 0.6) is 0 Å². The van der Waals surface area contributed by atoms with Crippen molar-refractivity contribution in [3.63, 3.8) is 0 Å². The SMILES string of the molecule is CCCC(CN)CN1CCCC(C)(C)C1. The Morgan fingerprint density at radius 1 is 1.40 bits per heavy atom. The first-order chi connectivity index (χ1) is 7.07. The zero-order chi connectivity index (χ0) is 11.3. The highest BCUT2D eigenvalue weighted by Crippen LogP contribution is 2.28. The van der Waals surface area contributed by atoms with Gasteiger partial charge >= 0.3 is 0 Å². The average molecular weight is 212 g/mol. The van der Waals surface area contributed by atoms with Gasteiger partial charge in [0.1, 0.15) is 0 Å². The van der Waals surface area contributed by atoms with E-state index < -0.39 is 0 Å². The highest BCUT2D eigenvalue weighted by atomic mass is 15.1. The molecule has 2 N–H and O–H groups in total. The molecular formula is C13H28N2. The Kier molecular flexibility index (Phi) is 5.07. The standard InChI is InChI=1S/C13H28N2/c1-4-6-12(9-14)10-15-8-5-7-13(2,3)11-15/h12H,4-11,14H2,1-3H3. The fourth-order valence-corrected chi connectivity index (χ4v) is 2.76. The number of nitrogens with two attached hydrogens (primary N) is 1. The van der Waals surface area contributed by atoms with E-state index in [2.05, 4.69) is 25.7 Å². The second-order valence-corrected chi connectivity index (χ2v) is 5.89. The number of piperidine rings is 1. The van der Waals surface area contributed by atoms with E-state index in [0.29, 0.717) is 11.3 Å². The summed E-state index contributed by atoms with van der Waals surface area (Å²) in [7, 11) is 0. The van der Waals surface area contributed by atoms with Gasteiger partial charge in [-0.1, -0.05) is 27.2 Å². The van der Waals surface area contributed by atoms with Gasteiger partial charge in [0, 0.05) is 13.1 Å². The molecule has 0 aromatic carbocycles. The number of nitrogens with zero attached hydrogens (tertiary/aromatic N) is 1. The molecule has 0 bridgehead atoms. The summed E-state index contributed by atoms with van der Waals surface area (Å²) in [6.45, 7) is 11.6. The van der Waals surface area contributed by atoms with Crippen molar-refractivity contribution in [1.29, 1.82) is 0 Å². The summed E-state index contributed by atoms with van der Waals surface area (Å²) in [5, 5.41) is 0. The molecule has 0 saturated carbocycles. The summed E-state index contributed by atoms with van der Waals surface area (Å²) in [4.78, 5) is 2.62. The van der Waals surface area contributed by atoms with E-state index in [9.17, 15) is 0 Å². The van der Waals surface area contributed by atoms with Crippen LogP contribution in [0.4, 0.5) is 0 Å². The molecule has 1 fully saturated rings. The van der Waals surface area contributed by atoms with E-state index in [1.165, 1.54) is 45.3 Å². The monoisotopic (exact) mass is 212 g/mol. The zero-order valence-electron chi connectivity index (χ0n) is 10.8. The number of rotatable bonds is 5. The molecule has 1 rings (SSSR count). The summed E-state index contributed by atoms with van der Waals surface area (Å²) >= 11 is 0. The Morgan fingerprint density at radius 2 is 2.13 bits per heavy atom. The molecule has 0 aromatic heterocycles. The minimum atomic E-state index is 0.517. The van der Waals surface area contributed by atoms with Crippen molar-refractivity contribution >= 4 is 0 Å². The van der Waals surface area contributed by atoms with Crippen LogP contribution in [0.3, 0.4) is 0 Å². The van der Waals surface area contributed by atoms with Crippen molar-refractivity contribution < 1.29 is 0 Å². The molecule has 1 heterocycles. The largest absolute Gasteiger partial charge is 0.330 e. The van der Waals surface area contributed by atoms with Crippen molar-refractivity contribution in [1.82, 2.24) is 4.90 Å². The third kappa shape index (κ3) is 4.52. The first kappa shape index (κ1) is 13.0. The van der Waals surface area contributed by atoms with Crippen LogP contribution in [-0.4, -0.2) is 31.1 Å². The van der Waals surface area contributed by atoms with Gasteiger partial charge in [-0.25, -0.2) is 0 Å². The molecule has 1 aliphatic rings. The molecule has 0 aromatic rings. The third-order valence-corrected chi connectivity index (χ3v) is 3.53. The van der Waals surface area contributed by atoms with Crippen LogP contribution in [0, 0.1) is 11.3 Å². The van der Waals surface area contributed by atoms with Crippen LogP contribution < -0.4 is 5.73 Å². The molecule has 0 aliphatic carbocycles. The van der Waals surface area contributed by atoms with Crippen molar-refractivity contribution in [2.24, 2.45) is 17.1 Å². The summed E-state index contributed by atoms with van der Waals surface area (Å²) < 4.78 is 0. The minimum absolute atomic E-state index is 0.517. The van der Waals surface area contributed by atoms with Crippen LogP contribution in [-0.2, 0) is 0 Å². The minimum Gasteiger partial charge on any atom is -0.330 e. The summed E-state index contributed by atoms with van der Waals surface area (Å²) in [5.74, 6) is 0.712. The van der Waals surface area contributed by atoms with Crippen LogP contribution >= 0.6 is 0 Å². The van der Waals surface area contributed by atoms with Crippen LogP contribution in [0.1, 0.15) is 46.5 Å². The maximum atomic E-state index is 5.82. The number of hydrogen-bond donors (Lipinski definition) is 1. The van der Waals surface area contributed by atoms with Gasteiger partial charge in [-0.05, 0) is 43.7 Å². The van der Waals surface area contributed by atoms with Crippen molar-refractivity contribution in [2.75, 3.05) is 26.2 Å². The first-order valence-corrected chi connectivity index (χ1v) is 6.50.